The number of carbonyl (C=O) groups is 2. The third-order valence-electron chi connectivity index (χ3n) is 5.23. The van der Waals surface area contributed by atoms with Gasteiger partial charge in [0, 0.05) is 25.5 Å². The molecule has 1 aliphatic rings. The van der Waals surface area contributed by atoms with Crippen LogP contribution in [0.4, 0.5) is 0 Å². The molecule has 1 atom stereocenters. The average molecular weight is 422 g/mol. The van der Waals surface area contributed by atoms with Crippen LogP contribution in [0.3, 0.4) is 0 Å². The lowest BCUT2D eigenvalue weighted by Gasteiger charge is -2.26. The summed E-state index contributed by atoms with van der Waals surface area (Å²) in [6.45, 7) is 6.03. The van der Waals surface area contributed by atoms with E-state index in [0.29, 0.717) is 12.8 Å². The molecule has 6 nitrogen and oxygen atoms in total. The maximum Gasteiger partial charge on any atom is 0.262 e. The Bertz CT molecular complexity index is 963. The van der Waals surface area contributed by atoms with Gasteiger partial charge in [0.15, 0.2) is 0 Å². The van der Waals surface area contributed by atoms with Gasteiger partial charge < -0.3 is 9.64 Å². The highest BCUT2D eigenvalue weighted by atomic mass is 16.5. The molecule has 0 N–H and O–H groups in total. The second-order valence-corrected chi connectivity index (χ2v) is 9.13. The predicted octanol–water partition coefficient (Wildman–Crippen LogP) is 4.27. The zero-order valence-electron chi connectivity index (χ0n) is 19.0. The van der Waals surface area contributed by atoms with Crippen molar-refractivity contribution in [1.82, 2.24) is 9.91 Å². The molecule has 0 saturated heterocycles. The first-order valence-corrected chi connectivity index (χ1v) is 10.5. The molecule has 0 saturated carbocycles. The van der Waals surface area contributed by atoms with Gasteiger partial charge in [-0.2, -0.15) is 5.10 Å². The van der Waals surface area contributed by atoms with Crippen molar-refractivity contribution in [2.24, 2.45) is 10.5 Å². The van der Waals surface area contributed by atoms with Gasteiger partial charge in [0.2, 0.25) is 5.91 Å². The van der Waals surface area contributed by atoms with Crippen LogP contribution in [0.15, 0.2) is 59.7 Å². The van der Waals surface area contributed by atoms with E-state index in [1.54, 1.807) is 14.2 Å². The minimum Gasteiger partial charge on any atom is -0.497 e. The number of hydrogen-bond acceptors (Lipinski definition) is 4. The lowest BCUT2D eigenvalue weighted by atomic mass is 9.92. The van der Waals surface area contributed by atoms with E-state index >= 15 is 0 Å². The van der Waals surface area contributed by atoms with Gasteiger partial charge in [0.05, 0.1) is 18.9 Å². The maximum atomic E-state index is 13.2. The Morgan fingerprint density at radius 1 is 1.13 bits per heavy atom. The first kappa shape index (κ1) is 22.5. The van der Waals surface area contributed by atoms with Gasteiger partial charge in [-0.3, -0.25) is 9.59 Å². The van der Waals surface area contributed by atoms with Gasteiger partial charge in [-0.05, 0) is 23.1 Å². The molecular weight excluding hydrogens is 390 g/mol. The van der Waals surface area contributed by atoms with E-state index in [2.05, 4.69) is 5.10 Å². The van der Waals surface area contributed by atoms with E-state index in [1.165, 1.54) is 9.91 Å². The molecule has 164 valence electrons. The van der Waals surface area contributed by atoms with Gasteiger partial charge in [0.1, 0.15) is 12.3 Å². The second-order valence-electron chi connectivity index (χ2n) is 9.13. The molecule has 1 aliphatic heterocycles. The monoisotopic (exact) mass is 421 g/mol. The van der Waals surface area contributed by atoms with Crippen molar-refractivity contribution < 1.29 is 14.3 Å². The van der Waals surface area contributed by atoms with Crippen LogP contribution >= 0.6 is 0 Å². The second kappa shape index (κ2) is 9.33. The molecule has 2 aromatic carbocycles. The van der Waals surface area contributed by atoms with Crippen LogP contribution < -0.4 is 4.74 Å². The topological polar surface area (TPSA) is 62.2 Å². The lowest BCUT2D eigenvalue weighted by molar-refractivity contribution is -0.141. The standard InChI is InChI=1S/C25H31N3O3/c1-25(2,3)16-23(29)27(4)17-24(30)28-22(18-10-7-6-8-11-18)15-21(26-28)19-12-9-13-20(14-19)31-5/h6-14,22H,15-17H2,1-5H3/t22-/m0/s1. The highest BCUT2D eigenvalue weighted by Crippen LogP contribution is 2.33. The van der Waals surface area contributed by atoms with Crippen molar-refractivity contribution >= 4 is 17.5 Å². The van der Waals surface area contributed by atoms with Gasteiger partial charge in [-0.25, -0.2) is 5.01 Å². The molecule has 0 fully saturated rings. The molecule has 2 aromatic rings. The number of ether oxygens (including phenoxy) is 1. The summed E-state index contributed by atoms with van der Waals surface area (Å²) in [4.78, 5) is 27.2. The highest BCUT2D eigenvalue weighted by Gasteiger charge is 2.34. The molecule has 0 spiro atoms. The number of carbonyl (C=O) groups excluding carboxylic acids is 2. The summed E-state index contributed by atoms with van der Waals surface area (Å²) in [5.41, 5.74) is 2.63. The Kier molecular flexibility index (Phi) is 6.78. The summed E-state index contributed by atoms with van der Waals surface area (Å²) in [5, 5.41) is 6.22. The molecule has 0 aromatic heterocycles. The van der Waals surface area contributed by atoms with E-state index in [9.17, 15) is 9.59 Å². The van der Waals surface area contributed by atoms with E-state index in [4.69, 9.17) is 4.74 Å². The number of likely N-dealkylation sites (N-methyl/N-ethyl adjacent to an activating group) is 1. The summed E-state index contributed by atoms with van der Waals surface area (Å²) in [6.07, 6.45) is 0.986. The van der Waals surface area contributed by atoms with E-state index in [-0.39, 0.29) is 29.8 Å². The number of hydrazone groups is 1. The minimum atomic E-state index is -0.207. The van der Waals surface area contributed by atoms with Crippen molar-refractivity contribution in [2.75, 3.05) is 20.7 Å². The van der Waals surface area contributed by atoms with Crippen LogP contribution in [0.25, 0.3) is 0 Å². The van der Waals surface area contributed by atoms with Crippen molar-refractivity contribution in [3.8, 4) is 5.75 Å². The fourth-order valence-corrected chi connectivity index (χ4v) is 3.60. The van der Waals surface area contributed by atoms with Crippen molar-refractivity contribution in [3.63, 3.8) is 0 Å². The van der Waals surface area contributed by atoms with Crippen LogP contribution in [0.2, 0.25) is 0 Å². The number of nitrogens with zero attached hydrogens (tertiary/aromatic N) is 3. The highest BCUT2D eigenvalue weighted by molar-refractivity contribution is 6.03. The van der Waals surface area contributed by atoms with Crippen molar-refractivity contribution in [3.05, 3.63) is 65.7 Å². The maximum absolute atomic E-state index is 13.2. The first-order valence-electron chi connectivity index (χ1n) is 10.5. The molecule has 1 heterocycles. The van der Waals surface area contributed by atoms with Gasteiger partial charge in [0.25, 0.3) is 5.91 Å². The van der Waals surface area contributed by atoms with Crippen LogP contribution in [0, 0.1) is 5.41 Å². The smallest absolute Gasteiger partial charge is 0.262 e. The normalized spacial score (nSPS) is 16.1. The van der Waals surface area contributed by atoms with E-state index < -0.39 is 0 Å². The Morgan fingerprint density at radius 3 is 2.48 bits per heavy atom. The Hall–Kier alpha value is -3.15. The zero-order valence-corrected chi connectivity index (χ0v) is 19.0. The summed E-state index contributed by atoms with van der Waals surface area (Å²) >= 11 is 0. The first-order chi connectivity index (χ1) is 14.7. The van der Waals surface area contributed by atoms with Gasteiger partial charge in [-0.1, -0.05) is 63.2 Å². The lowest BCUT2D eigenvalue weighted by Crippen LogP contribution is -2.40. The molecule has 0 radical (unpaired) electrons. The van der Waals surface area contributed by atoms with Crippen LogP contribution in [-0.2, 0) is 9.59 Å². The summed E-state index contributed by atoms with van der Waals surface area (Å²) in [6, 6.07) is 17.4. The summed E-state index contributed by atoms with van der Waals surface area (Å²) in [5.74, 6) is 0.499. The van der Waals surface area contributed by atoms with E-state index in [0.717, 1.165) is 22.6 Å². The Balaban J connectivity index is 1.84. The molecule has 0 bridgehead atoms. The third kappa shape index (κ3) is 5.72. The Morgan fingerprint density at radius 2 is 1.84 bits per heavy atom. The summed E-state index contributed by atoms with van der Waals surface area (Å²) in [7, 11) is 3.30. The quantitative estimate of drug-likeness (QED) is 0.700. The third-order valence-corrected chi connectivity index (χ3v) is 5.23. The van der Waals surface area contributed by atoms with Crippen LogP contribution in [0.1, 0.15) is 50.8 Å². The molecular formula is C25H31N3O3. The van der Waals surface area contributed by atoms with Crippen molar-refractivity contribution in [1.29, 1.82) is 0 Å². The minimum absolute atomic E-state index is 0.00681. The molecule has 0 unspecified atom stereocenters. The van der Waals surface area contributed by atoms with Gasteiger partial charge in [-0.15, -0.1) is 0 Å². The number of methoxy groups -OCH3 is 1. The molecule has 0 aliphatic carbocycles. The fourth-order valence-electron chi connectivity index (χ4n) is 3.60. The number of rotatable bonds is 6. The molecule has 3 rings (SSSR count). The van der Waals surface area contributed by atoms with Crippen LogP contribution in [0.5, 0.6) is 5.75 Å². The fraction of sp³-hybridized carbons (Fsp3) is 0.400. The number of hydrogen-bond donors (Lipinski definition) is 0. The van der Waals surface area contributed by atoms with E-state index in [1.807, 2.05) is 75.4 Å². The Labute approximate surface area is 184 Å². The summed E-state index contributed by atoms with van der Waals surface area (Å²) < 4.78 is 5.34. The molecule has 6 heteroatoms. The zero-order chi connectivity index (χ0) is 22.6. The number of benzene rings is 2. The van der Waals surface area contributed by atoms with Crippen LogP contribution in [-0.4, -0.2) is 48.1 Å². The molecule has 2 amide bonds. The number of amides is 2. The van der Waals surface area contributed by atoms with Gasteiger partial charge >= 0.3 is 0 Å². The van der Waals surface area contributed by atoms with Crippen molar-refractivity contribution in [2.45, 2.75) is 39.7 Å². The SMILES string of the molecule is COc1cccc(C2=NN(C(=O)CN(C)C(=O)CC(C)(C)C)[C@H](c3ccccc3)C2)c1. The molecule has 31 heavy (non-hydrogen) atoms. The predicted molar refractivity (Wildman–Crippen MR) is 122 cm³/mol. The largest absolute Gasteiger partial charge is 0.497 e. The average Bonchev–Trinajstić information content (AvgIpc) is 3.19.